The number of nitrogens with one attached hydrogen (secondary N) is 2. The van der Waals surface area contributed by atoms with Gasteiger partial charge in [0.2, 0.25) is 5.91 Å². The van der Waals surface area contributed by atoms with E-state index in [2.05, 4.69) is 5.32 Å². The number of nitrogens with two attached hydrogens (primary N) is 1. The summed E-state index contributed by atoms with van der Waals surface area (Å²) in [6, 6.07) is -0.0255. The fraction of sp³-hybridized carbons (Fsp3) is 0.875. The Hall–Kier alpha value is -1.10. The fourth-order valence-corrected chi connectivity index (χ4v) is 3.68. The summed E-state index contributed by atoms with van der Waals surface area (Å²) >= 11 is 0. The third kappa shape index (κ3) is 4.70. The van der Waals surface area contributed by atoms with Gasteiger partial charge >= 0.3 is 0 Å². The molecule has 2 fully saturated rings. The molecular formula is C16H30N3O2+. The van der Waals surface area contributed by atoms with Gasteiger partial charge in [0, 0.05) is 25.3 Å². The van der Waals surface area contributed by atoms with Gasteiger partial charge in [-0.25, -0.2) is 0 Å². The molecule has 2 amide bonds. The summed E-state index contributed by atoms with van der Waals surface area (Å²) in [7, 11) is 0. The second-order valence-corrected chi connectivity index (χ2v) is 6.81. The van der Waals surface area contributed by atoms with Crippen LogP contribution >= 0.6 is 0 Å². The van der Waals surface area contributed by atoms with E-state index in [1.807, 2.05) is 6.92 Å². The van der Waals surface area contributed by atoms with Crippen molar-refractivity contribution in [2.75, 3.05) is 19.6 Å². The molecule has 1 aliphatic carbocycles. The van der Waals surface area contributed by atoms with Gasteiger partial charge in [0.1, 0.15) is 0 Å². The van der Waals surface area contributed by atoms with Crippen molar-refractivity contribution in [2.45, 2.75) is 57.9 Å². The first kappa shape index (κ1) is 16.3. The Morgan fingerprint density at radius 1 is 1.14 bits per heavy atom. The van der Waals surface area contributed by atoms with Crippen molar-refractivity contribution in [3.63, 3.8) is 0 Å². The van der Waals surface area contributed by atoms with Crippen LogP contribution in [0.25, 0.3) is 0 Å². The number of amides is 2. The van der Waals surface area contributed by atoms with Crippen LogP contribution < -0.4 is 16.0 Å². The summed E-state index contributed by atoms with van der Waals surface area (Å²) in [5.74, 6) is 0.647. The number of hydrogen-bond acceptors (Lipinski definition) is 2. The Labute approximate surface area is 127 Å². The molecule has 4 N–H and O–H groups in total. The van der Waals surface area contributed by atoms with E-state index in [1.165, 1.54) is 37.0 Å². The summed E-state index contributed by atoms with van der Waals surface area (Å²) in [4.78, 5) is 24.7. The molecule has 2 rings (SSSR count). The standard InChI is InChI=1S/C16H29N3O2/c1-12(19-9-7-14(8-10-19)15(17)20)16(21)18-11-13-5-3-2-4-6-13/h12-14H,2-11H2,1H3,(H2,17,20)(H,18,21)/p+1/t12-/m1/s1. The normalized spacial score (nSPS) is 28.8. The third-order valence-corrected chi connectivity index (χ3v) is 5.33. The van der Waals surface area contributed by atoms with Gasteiger partial charge in [0.15, 0.2) is 6.04 Å². The first-order valence-electron chi connectivity index (χ1n) is 8.49. The smallest absolute Gasteiger partial charge is 0.278 e. The van der Waals surface area contributed by atoms with Crippen LogP contribution in [0.5, 0.6) is 0 Å². The highest BCUT2D eigenvalue weighted by Gasteiger charge is 2.32. The highest BCUT2D eigenvalue weighted by Crippen LogP contribution is 2.22. The molecule has 5 nitrogen and oxygen atoms in total. The summed E-state index contributed by atoms with van der Waals surface area (Å²) in [5, 5.41) is 3.13. The van der Waals surface area contributed by atoms with Crippen LogP contribution in [0.3, 0.4) is 0 Å². The van der Waals surface area contributed by atoms with E-state index >= 15 is 0 Å². The molecule has 1 aliphatic heterocycles. The van der Waals surface area contributed by atoms with Gasteiger partial charge in [0.25, 0.3) is 5.91 Å². The number of piperidine rings is 1. The minimum atomic E-state index is -0.191. The number of hydrogen-bond donors (Lipinski definition) is 3. The molecule has 5 heteroatoms. The van der Waals surface area contributed by atoms with Crippen molar-refractivity contribution in [3.8, 4) is 0 Å². The van der Waals surface area contributed by atoms with Gasteiger partial charge in [-0.2, -0.15) is 0 Å². The molecule has 21 heavy (non-hydrogen) atoms. The van der Waals surface area contributed by atoms with Gasteiger partial charge < -0.3 is 16.0 Å². The number of primary amides is 1. The van der Waals surface area contributed by atoms with Crippen LogP contribution in [-0.4, -0.2) is 37.5 Å². The van der Waals surface area contributed by atoms with E-state index in [0.29, 0.717) is 5.92 Å². The first-order valence-corrected chi connectivity index (χ1v) is 8.49. The lowest BCUT2D eigenvalue weighted by atomic mass is 9.89. The number of carbonyl (C=O) groups excluding carboxylic acids is 2. The lowest BCUT2D eigenvalue weighted by molar-refractivity contribution is -0.919. The average molecular weight is 296 g/mol. The van der Waals surface area contributed by atoms with E-state index in [-0.39, 0.29) is 23.8 Å². The van der Waals surface area contributed by atoms with Crippen LogP contribution in [0.1, 0.15) is 51.9 Å². The van der Waals surface area contributed by atoms with Gasteiger partial charge in [-0.05, 0) is 25.7 Å². The zero-order chi connectivity index (χ0) is 15.2. The average Bonchev–Trinajstić information content (AvgIpc) is 2.53. The predicted molar refractivity (Wildman–Crippen MR) is 81.7 cm³/mol. The lowest BCUT2D eigenvalue weighted by Gasteiger charge is -2.31. The van der Waals surface area contributed by atoms with Crippen LogP contribution in [0, 0.1) is 11.8 Å². The van der Waals surface area contributed by atoms with Crippen molar-refractivity contribution in [1.82, 2.24) is 5.32 Å². The summed E-state index contributed by atoms with van der Waals surface area (Å²) in [6.07, 6.45) is 8.09. The van der Waals surface area contributed by atoms with Crippen LogP contribution in [-0.2, 0) is 9.59 Å². The molecule has 1 saturated heterocycles. The van der Waals surface area contributed by atoms with Gasteiger partial charge in [-0.15, -0.1) is 0 Å². The minimum absolute atomic E-state index is 0.00579. The predicted octanol–water partition coefficient (Wildman–Crippen LogP) is -0.148. The minimum Gasteiger partial charge on any atom is -0.369 e. The van der Waals surface area contributed by atoms with E-state index in [9.17, 15) is 9.59 Å². The summed E-state index contributed by atoms with van der Waals surface area (Å²) in [6.45, 7) is 4.56. The molecule has 1 saturated carbocycles. The Balaban J connectivity index is 1.71. The van der Waals surface area contributed by atoms with Crippen molar-refractivity contribution in [1.29, 1.82) is 0 Å². The van der Waals surface area contributed by atoms with Crippen LogP contribution in [0.2, 0.25) is 0 Å². The highest BCUT2D eigenvalue weighted by atomic mass is 16.2. The molecule has 0 unspecified atom stereocenters. The van der Waals surface area contributed by atoms with Gasteiger partial charge in [-0.1, -0.05) is 19.3 Å². The fourth-order valence-electron chi connectivity index (χ4n) is 3.68. The quantitative estimate of drug-likeness (QED) is 0.660. The molecule has 1 heterocycles. The van der Waals surface area contributed by atoms with Crippen molar-refractivity contribution in [2.24, 2.45) is 17.6 Å². The third-order valence-electron chi connectivity index (χ3n) is 5.33. The molecule has 1 atom stereocenters. The molecule has 0 aromatic rings. The number of quaternary nitrogens is 1. The Bertz CT molecular complexity index is 359. The molecule has 0 aromatic carbocycles. The second-order valence-electron chi connectivity index (χ2n) is 6.81. The SMILES string of the molecule is C[C@H](C(=O)NCC1CCCCC1)[NH+]1CCC(C(N)=O)CC1. The van der Waals surface area contributed by atoms with Crippen LogP contribution in [0.15, 0.2) is 0 Å². The second kappa shape index (κ2) is 7.78. The maximum atomic E-state index is 12.3. The Morgan fingerprint density at radius 2 is 1.76 bits per heavy atom. The maximum absolute atomic E-state index is 12.3. The van der Waals surface area contributed by atoms with Crippen LogP contribution in [0.4, 0.5) is 0 Å². The molecule has 0 aromatic heterocycles. The molecular weight excluding hydrogens is 266 g/mol. The van der Waals surface area contributed by atoms with E-state index in [4.69, 9.17) is 5.73 Å². The van der Waals surface area contributed by atoms with E-state index < -0.39 is 0 Å². The topological polar surface area (TPSA) is 76.6 Å². The number of likely N-dealkylation sites (tertiary alicyclic amines) is 1. The zero-order valence-electron chi connectivity index (χ0n) is 13.2. The number of carbonyl (C=O) groups is 2. The number of rotatable bonds is 5. The maximum Gasteiger partial charge on any atom is 0.278 e. The molecule has 0 radical (unpaired) electrons. The van der Waals surface area contributed by atoms with Crippen molar-refractivity contribution in [3.05, 3.63) is 0 Å². The largest absolute Gasteiger partial charge is 0.369 e. The van der Waals surface area contributed by atoms with E-state index in [1.54, 1.807) is 0 Å². The van der Waals surface area contributed by atoms with Crippen molar-refractivity contribution >= 4 is 11.8 Å². The Kier molecular flexibility index (Phi) is 6.03. The van der Waals surface area contributed by atoms with Crippen molar-refractivity contribution < 1.29 is 14.5 Å². The first-order chi connectivity index (χ1) is 10.1. The van der Waals surface area contributed by atoms with Gasteiger partial charge in [0.05, 0.1) is 13.1 Å². The lowest BCUT2D eigenvalue weighted by Crippen LogP contribution is -3.17. The molecule has 120 valence electrons. The summed E-state index contributed by atoms with van der Waals surface area (Å²) < 4.78 is 0. The van der Waals surface area contributed by atoms with Gasteiger partial charge in [-0.3, -0.25) is 9.59 Å². The monoisotopic (exact) mass is 296 g/mol. The molecule has 2 aliphatic rings. The Morgan fingerprint density at radius 3 is 2.33 bits per heavy atom. The summed E-state index contributed by atoms with van der Waals surface area (Å²) in [5.41, 5.74) is 5.35. The molecule has 0 bridgehead atoms. The molecule has 0 spiro atoms. The van der Waals surface area contributed by atoms with E-state index in [0.717, 1.165) is 32.5 Å². The highest BCUT2D eigenvalue weighted by molar-refractivity contribution is 5.80. The zero-order valence-corrected chi connectivity index (χ0v) is 13.2.